The molecule has 2 amide bonds. The van der Waals surface area contributed by atoms with Crippen LogP contribution in [0.4, 0.5) is 4.79 Å². The summed E-state index contributed by atoms with van der Waals surface area (Å²) in [5, 5.41) is 4.56. The Morgan fingerprint density at radius 1 is 1.30 bits per heavy atom. The van der Waals surface area contributed by atoms with Crippen LogP contribution in [0.2, 0.25) is 0 Å². The summed E-state index contributed by atoms with van der Waals surface area (Å²) in [6, 6.07) is 3.28. The monoisotopic (exact) mass is 317 g/mol. The summed E-state index contributed by atoms with van der Waals surface area (Å²) < 4.78 is 26.4. The summed E-state index contributed by atoms with van der Waals surface area (Å²) in [6.07, 6.45) is 0. The minimum absolute atomic E-state index is 0.0791. The minimum Gasteiger partial charge on any atom is -0.336 e. The number of piperazine rings is 1. The molecule has 0 unspecified atom stereocenters. The van der Waals surface area contributed by atoms with Gasteiger partial charge in [-0.05, 0) is 25.3 Å². The van der Waals surface area contributed by atoms with Gasteiger partial charge in [-0.1, -0.05) is 6.07 Å². The van der Waals surface area contributed by atoms with Crippen molar-refractivity contribution < 1.29 is 13.2 Å². The Hall–Kier alpha value is -1.12. The first-order chi connectivity index (χ1) is 9.41. The number of sulfonamides is 1. The van der Waals surface area contributed by atoms with Gasteiger partial charge in [-0.3, -0.25) is 0 Å². The van der Waals surface area contributed by atoms with Crippen LogP contribution in [0.25, 0.3) is 0 Å². The summed E-state index contributed by atoms with van der Waals surface area (Å²) >= 11 is 1.22. The van der Waals surface area contributed by atoms with Crippen LogP contribution in [0.3, 0.4) is 0 Å². The zero-order valence-electron chi connectivity index (χ0n) is 11.6. The number of rotatable bonds is 3. The van der Waals surface area contributed by atoms with E-state index < -0.39 is 10.0 Å². The van der Waals surface area contributed by atoms with Gasteiger partial charge in [0, 0.05) is 32.2 Å². The number of urea groups is 1. The predicted octanol–water partition coefficient (Wildman–Crippen LogP) is 1.17. The molecule has 1 saturated heterocycles. The Kier molecular flexibility index (Phi) is 4.66. The van der Waals surface area contributed by atoms with Crippen molar-refractivity contribution in [3.63, 3.8) is 0 Å². The quantitative estimate of drug-likeness (QED) is 0.910. The van der Waals surface area contributed by atoms with Gasteiger partial charge in [0.15, 0.2) is 0 Å². The number of thiophene rings is 1. The first-order valence-corrected chi connectivity index (χ1v) is 8.82. The van der Waals surface area contributed by atoms with Crippen LogP contribution in [0, 0.1) is 0 Å². The van der Waals surface area contributed by atoms with E-state index in [9.17, 15) is 13.2 Å². The van der Waals surface area contributed by atoms with Crippen molar-refractivity contribution in [2.24, 2.45) is 0 Å². The van der Waals surface area contributed by atoms with Crippen LogP contribution in [0.15, 0.2) is 21.7 Å². The van der Waals surface area contributed by atoms with Crippen LogP contribution in [0.5, 0.6) is 0 Å². The second-order valence-corrected chi connectivity index (χ2v) is 8.04. The van der Waals surface area contributed by atoms with E-state index in [1.807, 2.05) is 13.8 Å². The third-order valence-electron chi connectivity index (χ3n) is 3.03. The van der Waals surface area contributed by atoms with Gasteiger partial charge in [0.25, 0.3) is 10.0 Å². The largest absolute Gasteiger partial charge is 0.336 e. The van der Waals surface area contributed by atoms with Crippen molar-refractivity contribution >= 4 is 27.4 Å². The summed E-state index contributed by atoms with van der Waals surface area (Å²) in [7, 11) is -3.40. The third-order valence-corrected chi connectivity index (χ3v) is 6.30. The van der Waals surface area contributed by atoms with E-state index in [-0.39, 0.29) is 12.1 Å². The van der Waals surface area contributed by atoms with Gasteiger partial charge in [0.1, 0.15) is 4.21 Å². The molecule has 1 N–H and O–H groups in total. The molecule has 1 aliphatic heterocycles. The Morgan fingerprint density at radius 2 is 1.95 bits per heavy atom. The summed E-state index contributed by atoms with van der Waals surface area (Å²) in [5.41, 5.74) is 0. The number of nitrogens with zero attached hydrogens (tertiary/aromatic N) is 2. The Labute approximate surface area is 123 Å². The van der Waals surface area contributed by atoms with E-state index >= 15 is 0 Å². The number of hydrogen-bond donors (Lipinski definition) is 1. The van der Waals surface area contributed by atoms with Crippen LogP contribution in [0.1, 0.15) is 13.8 Å². The van der Waals surface area contributed by atoms with Gasteiger partial charge in [0.2, 0.25) is 0 Å². The van der Waals surface area contributed by atoms with Crippen molar-refractivity contribution in [3.8, 4) is 0 Å². The molecule has 112 valence electrons. The number of carbonyl (C=O) groups is 1. The van der Waals surface area contributed by atoms with E-state index in [2.05, 4.69) is 5.32 Å². The number of nitrogens with one attached hydrogen (secondary N) is 1. The Morgan fingerprint density at radius 3 is 2.45 bits per heavy atom. The smallest absolute Gasteiger partial charge is 0.317 e. The molecule has 0 spiro atoms. The van der Waals surface area contributed by atoms with Gasteiger partial charge in [-0.15, -0.1) is 11.3 Å². The summed E-state index contributed by atoms with van der Waals surface area (Å²) in [5.74, 6) is 0. The lowest BCUT2D eigenvalue weighted by atomic mass is 10.3. The van der Waals surface area contributed by atoms with Crippen molar-refractivity contribution in [3.05, 3.63) is 17.5 Å². The van der Waals surface area contributed by atoms with Gasteiger partial charge in [0.05, 0.1) is 0 Å². The Bertz CT molecular complexity index is 547. The fourth-order valence-electron chi connectivity index (χ4n) is 2.01. The lowest BCUT2D eigenvalue weighted by Crippen LogP contribution is -2.53. The van der Waals surface area contributed by atoms with E-state index in [1.165, 1.54) is 15.6 Å². The molecular weight excluding hydrogens is 298 g/mol. The highest BCUT2D eigenvalue weighted by Crippen LogP contribution is 2.21. The zero-order chi connectivity index (χ0) is 14.8. The van der Waals surface area contributed by atoms with E-state index in [4.69, 9.17) is 0 Å². The van der Waals surface area contributed by atoms with E-state index in [0.717, 1.165) is 0 Å². The molecule has 0 atom stereocenters. The highest BCUT2D eigenvalue weighted by atomic mass is 32.2. The molecule has 6 nitrogen and oxygen atoms in total. The highest BCUT2D eigenvalue weighted by molar-refractivity contribution is 7.91. The van der Waals surface area contributed by atoms with Crippen molar-refractivity contribution in [1.82, 2.24) is 14.5 Å². The van der Waals surface area contributed by atoms with Gasteiger partial charge < -0.3 is 10.2 Å². The Balaban J connectivity index is 1.96. The molecule has 2 heterocycles. The highest BCUT2D eigenvalue weighted by Gasteiger charge is 2.30. The molecule has 1 aliphatic rings. The maximum absolute atomic E-state index is 12.3. The molecule has 20 heavy (non-hydrogen) atoms. The fraction of sp³-hybridized carbons (Fsp3) is 0.583. The van der Waals surface area contributed by atoms with E-state index in [0.29, 0.717) is 30.4 Å². The first kappa shape index (κ1) is 15.3. The van der Waals surface area contributed by atoms with Crippen molar-refractivity contribution in [2.75, 3.05) is 26.2 Å². The van der Waals surface area contributed by atoms with Crippen molar-refractivity contribution in [1.29, 1.82) is 0 Å². The molecule has 1 aromatic heterocycles. The lowest BCUT2D eigenvalue weighted by molar-refractivity contribution is 0.170. The lowest BCUT2D eigenvalue weighted by Gasteiger charge is -2.34. The van der Waals surface area contributed by atoms with E-state index in [1.54, 1.807) is 22.4 Å². The average molecular weight is 317 g/mol. The van der Waals surface area contributed by atoms with Gasteiger partial charge >= 0.3 is 6.03 Å². The van der Waals surface area contributed by atoms with Crippen LogP contribution in [-0.2, 0) is 10.0 Å². The van der Waals surface area contributed by atoms with Crippen LogP contribution in [-0.4, -0.2) is 55.9 Å². The molecule has 0 aliphatic carbocycles. The van der Waals surface area contributed by atoms with Gasteiger partial charge in [-0.2, -0.15) is 4.31 Å². The van der Waals surface area contributed by atoms with Crippen molar-refractivity contribution in [2.45, 2.75) is 24.1 Å². The maximum Gasteiger partial charge on any atom is 0.317 e. The zero-order valence-corrected chi connectivity index (χ0v) is 13.2. The molecular formula is C12H19N3O3S2. The normalized spacial score (nSPS) is 17.4. The standard InChI is InChI=1S/C12H19N3O3S2/c1-10(2)13-12(16)14-5-7-15(8-6-14)20(17,18)11-4-3-9-19-11/h3-4,9-10H,5-8H2,1-2H3,(H,13,16). The average Bonchev–Trinajstić information content (AvgIpc) is 2.92. The topological polar surface area (TPSA) is 69.7 Å². The molecule has 8 heteroatoms. The molecule has 0 bridgehead atoms. The molecule has 0 radical (unpaired) electrons. The SMILES string of the molecule is CC(C)NC(=O)N1CCN(S(=O)(=O)c2cccs2)CC1. The molecule has 0 aromatic carbocycles. The number of hydrogen-bond acceptors (Lipinski definition) is 4. The van der Waals surface area contributed by atoms with Crippen LogP contribution >= 0.6 is 11.3 Å². The molecule has 2 rings (SSSR count). The maximum atomic E-state index is 12.3. The fourth-order valence-corrected chi connectivity index (χ4v) is 4.57. The third kappa shape index (κ3) is 3.31. The van der Waals surface area contributed by atoms with Crippen LogP contribution < -0.4 is 5.32 Å². The number of amides is 2. The summed E-state index contributed by atoms with van der Waals surface area (Å²) in [6.45, 7) is 5.31. The molecule has 0 saturated carbocycles. The second-order valence-electron chi connectivity index (χ2n) is 4.93. The molecule has 1 fully saturated rings. The number of carbonyl (C=O) groups excluding carboxylic acids is 1. The van der Waals surface area contributed by atoms with Gasteiger partial charge in [-0.25, -0.2) is 13.2 Å². The first-order valence-electron chi connectivity index (χ1n) is 6.50. The molecule has 1 aromatic rings. The summed E-state index contributed by atoms with van der Waals surface area (Å²) in [4.78, 5) is 13.5. The second kappa shape index (κ2) is 6.11. The minimum atomic E-state index is -3.40. The predicted molar refractivity (Wildman–Crippen MR) is 78.3 cm³/mol.